The Kier molecular flexibility index (Phi) is 3.68. The Hall–Kier alpha value is -0.420. The van der Waals surface area contributed by atoms with Crippen LogP contribution in [0.25, 0.3) is 0 Å². The first-order chi connectivity index (χ1) is 5.68. The fourth-order valence-corrected chi connectivity index (χ4v) is 2.54. The van der Waals surface area contributed by atoms with Gasteiger partial charge in [-0.15, -0.1) is 0 Å². The number of nitrogens with one attached hydrogen (secondary N) is 1. The zero-order valence-electron chi connectivity index (χ0n) is 6.91. The Morgan fingerprint density at radius 2 is 2.08 bits per heavy atom. The molecular formula is C7H14N2O2S. The molecule has 3 N–H and O–H groups in total. The van der Waals surface area contributed by atoms with Crippen LogP contribution in [0.4, 0.5) is 0 Å². The quantitative estimate of drug-likeness (QED) is 0.598. The topological polar surface area (TPSA) is 72.2 Å². The molecule has 1 saturated heterocycles. The second-order valence-electron chi connectivity index (χ2n) is 2.97. The molecule has 0 saturated carbocycles. The van der Waals surface area contributed by atoms with E-state index in [0.717, 1.165) is 24.3 Å². The summed E-state index contributed by atoms with van der Waals surface area (Å²) in [7, 11) is -0.631. The van der Waals surface area contributed by atoms with Crippen LogP contribution < -0.4 is 11.1 Å². The van der Waals surface area contributed by atoms with Gasteiger partial charge in [-0.25, -0.2) is 0 Å². The van der Waals surface area contributed by atoms with Crippen molar-refractivity contribution in [1.82, 2.24) is 5.32 Å². The third-order valence-corrected chi connectivity index (χ3v) is 3.34. The molecule has 1 aliphatic rings. The van der Waals surface area contributed by atoms with E-state index in [2.05, 4.69) is 5.32 Å². The highest BCUT2D eigenvalue weighted by Crippen LogP contribution is 2.08. The van der Waals surface area contributed by atoms with Crippen molar-refractivity contribution in [2.75, 3.05) is 18.1 Å². The molecule has 4 nitrogen and oxygen atoms in total. The number of rotatable bonds is 3. The highest BCUT2D eigenvalue weighted by molar-refractivity contribution is 7.85. The van der Waals surface area contributed by atoms with Gasteiger partial charge in [0, 0.05) is 28.3 Å². The Morgan fingerprint density at radius 1 is 1.50 bits per heavy atom. The molecule has 0 unspecified atom stereocenters. The van der Waals surface area contributed by atoms with Crippen molar-refractivity contribution in [1.29, 1.82) is 0 Å². The van der Waals surface area contributed by atoms with E-state index in [-0.39, 0.29) is 12.5 Å². The Bertz CT molecular complexity index is 186. The van der Waals surface area contributed by atoms with E-state index in [1.54, 1.807) is 0 Å². The van der Waals surface area contributed by atoms with Gasteiger partial charge < -0.3 is 11.1 Å². The number of carbonyl (C=O) groups excluding carboxylic acids is 1. The maximum atomic E-state index is 10.9. The summed E-state index contributed by atoms with van der Waals surface area (Å²) in [5.41, 5.74) is 4.98. The van der Waals surface area contributed by atoms with Crippen LogP contribution in [0.2, 0.25) is 0 Å². The van der Waals surface area contributed by atoms with E-state index in [1.807, 2.05) is 0 Å². The van der Waals surface area contributed by atoms with Crippen LogP contribution in [-0.2, 0) is 15.6 Å². The van der Waals surface area contributed by atoms with E-state index < -0.39 is 10.8 Å². The van der Waals surface area contributed by atoms with E-state index >= 15 is 0 Å². The van der Waals surface area contributed by atoms with E-state index in [9.17, 15) is 9.00 Å². The standard InChI is InChI=1S/C7H14N2O2S/c8-7(10)5-9-6-1-3-12(11)4-2-6/h6,9H,1-5H2,(H2,8,10). The number of carbonyl (C=O) groups is 1. The van der Waals surface area contributed by atoms with Crippen molar-refractivity contribution in [2.45, 2.75) is 18.9 Å². The summed E-state index contributed by atoms with van der Waals surface area (Å²) in [6.45, 7) is 0.233. The molecule has 70 valence electrons. The summed E-state index contributed by atoms with van der Waals surface area (Å²) in [5, 5.41) is 3.03. The van der Waals surface area contributed by atoms with Crippen molar-refractivity contribution in [3.63, 3.8) is 0 Å². The first-order valence-corrected chi connectivity index (χ1v) is 5.54. The number of nitrogens with two attached hydrogens (primary N) is 1. The molecule has 1 heterocycles. The summed E-state index contributed by atoms with van der Waals surface area (Å²) >= 11 is 0. The summed E-state index contributed by atoms with van der Waals surface area (Å²) in [6.07, 6.45) is 1.78. The minimum absolute atomic E-state index is 0.233. The van der Waals surface area contributed by atoms with Crippen molar-refractivity contribution in [3.8, 4) is 0 Å². The van der Waals surface area contributed by atoms with Crippen LogP contribution in [0.15, 0.2) is 0 Å². The molecule has 0 aromatic rings. The number of amides is 1. The van der Waals surface area contributed by atoms with Gasteiger partial charge in [-0.2, -0.15) is 0 Å². The zero-order chi connectivity index (χ0) is 8.97. The molecule has 1 rings (SSSR count). The highest BCUT2D eigenvalue weighted by Gasteiger charge is 2.17. The molecule has 1 aliphatic heterocycles. The van der Waals surface area contributed by atoms with Gasteiger partial charge in [-0.1, -0.05) is 0 Å². The Morgan fingerprint density at radius 3 is 2.58 bits per heavy atom. The molecule has 1 amide bonds. The minimum Gasteiger partial charge on any atom is -0.369 e. The lowest BCUT2D eigenvalue weighted by Crippen LogP contribution is -2.40. The van der Waals surface area contributed by atoms with Gasteiger partial charge in [0.2, 0.25) is 5.91 Å². The average molecular weight is 190 g/mol. The van der Waals surface area contributed by atoms with Crippen LogP contribution in [0, 0.1) is 0 Å². The maximum absolute atomic E-state index is 10.9. The normalized spacial score (nSPS) is 30.0. The van der Waals surface area contributed by atoms with Gasteiger partial charge in [0.25, 0.3) is 0 Å². The lowest BCUT2D eigenvalue weighted by Gasteiger charge is -2.21. The molecule has 0 aromatic carbocycles. The van der Waals surface area contributed by atoms with Crippen molar-refractivity contribution in [3.05, 3.63) is 0 Å². The molecule has 0 radical (unpaired) electrons. The lowest BCUT2D eigenvalue weighted by molar-refractivity contribution is -0.117. The molecular weight excluding hydrogens is 176 g/mol. The molecule has 12 heavy (non-hydrogen) atoms. The van der Waals surface area contributed by atoms with Crippen LogP contribution in [0.1, 0.15) is 12.8 Å². The van der Waals surface area contributed by atoms with Crippen LogP contribution in [-0.4, -0.2) is 34.2 Å². The van der Waals surface area contributed by atoms with Crippen LogP contribution >= 0.6 is 0 Å². The van der Waals surface area contributed by atoms with Gasteiger partial charge >= 0.3 is 0 Å². The van der Waals surface area contributed by atoms with E-state index in [1.165, 1.54) is 0 Å². The second kappa shape index (κ2) is 4.57. The Balaban J connectivity index is 2.17. The Labute approximate surface area is 74.3 Å². The van der Waals surface area contributed by atoms with Gasteiger partial charge in [0.05, 0.1) is 6.54 Å². The zero-order valence-corrected chi connectivity index (χ0v) is 7.73. The van der Waals surface area contributed by atoms with Gasteiger partial charge in [0.15, 0.2) is 0 Å². The predicted molar refractivity (Wildman–Crippen MR) is 48.1 cm³/mol. The molecule has 0 spiro atoms. The molecule has 0 atom stereocenters. The van der Waals surface area contributed by atoms with Gasteiger partial charge in [0.1, 0.15) is 0 Å². The molecule has 5 heteroatoms. The second-order valence-corrected chi connectivity index (χ2v) is 4.67. The van der Waals surface area contributed by atoms with Gasteiger partial charge in [-0.3, -0.25) is 9.00 Å². The fourth-order valence-electron chi connectivity index (χ4n) is 1.24. The van der Waals surface area contributed by atoms with Gasteiger partial charge in [-0.05, 0) is 12.8 Å². The monoisotopic (exact) mass is 190 g/mol. The largest absolute Gasteiger partial charge is 0.369 e. The number of primary amides is 1. The fraction of sp³-hybridized carbons (Fsp3) is 0.857. The lowest BCUT2D eigenvalue weighted by atomic mass is 10.1. The molecule has 0 aromatic heterocycles. The van der Waals surface area contributed by atoms with Crippen molar-refractivity contribution in [2.24, 2.45) is 5.73 Å². The summed E-state index contributed by atoms with van der Waals surface area (Å²) in [5.74, 6) is 1.16. The SMILES string of the molecule is NC(=O)CNC1CCS(=O)CC1. The first kappa shape index (κ1) is 9.67. The van der Waals surface area contributed by atoms with Crippen molar-refractivity contribution >= 4 is 16.7 Å². The van der Waals surface area contributed by atoms with Crippen molar-refractivity contribution < 1.29 is 9.00 Å². The minimum atomic E-state index is -0.631. The first-order valence-electron chi connectivity index (χ1n) is 4.05. The van der Waals surface area contributed by atoms with Crippen LogP contribution in [0.3, 0.4) is 0 Å². The highest BCUT2D eigenvalue weighted by atomic mass is 32.2. The smallest absolute Gasteiger partial charge is 0.231 e. The number of hydrogen-bond donors (Lipinski definition) is 2. The number of hydrogen-bond acceptors (Lipinski definition) is 3. The van der Waals surface area contributed by atoms with E-state index in [0.29, 0.717) is 6.04 Å². The third kappa shape index (κ3) is 3.32. The third-order valence-electron chi connectivity index (χ3n) is 1.95. The molecule has 0 bridgehead atoms. The molecule has 0 aliphatic carbocycles. The summed E-state index contributed by atoms with van der Waals surface area (Å²) in [6, 6.07) is 0.329. The molecule has 1 fully saturated rings. The maximum Gasteiger partial charge on any atom is 0.231 e. The van der Waals surface area contributed by atoms with E-state index in [4.69, 9.17) is 5.73 Å². The summed E-state index contributed by atoms with van der Waals surface area (Å²) in [4.78, 5) is 10.4. The predicted octanol–water partition coefficient (Wildman–Crippen LogP) is -1.03. The van der Waals surface area contributed by atoms with Crippen LogP contribution in [0.5, 0.6) is 0 Å². The summed E-state index contributed by atoms with van der Waals surface area (Å²) < 4.78 is 10.9. The average Bonchev–Trinajstić information content (AvgIpc) is 2.03.